The van der Waals surface area contributed by atoms with Crippen LogP contribution in [0.4, 0.5) is 0 Å². The summed E-state index contributed by atoms with van der Waals surface area (Å²) in [7, 11) is 0. The molecule has 2 bridgehead atoms. The van der Waals surface area contributed by atoms with E-state index in [0.29, 0.717) is 23.4 Å². The van der Waals surface area contributed by atoms with Crippen molar-refractivity contribution in [2.45, 2.75) is 172 Å². The van der Waals surface area contributed by atoms with E-state index in [0.717, 1.165) is 30.4 Å². The third-order valence-electron chi connectivity index (χ3n) is 14.3. The van der Waals surface area contributed by atoms with Crippen molar-refractivity contribution >= 4 is 29.8 Å². The van der Waals surface area contributed by atoms with Crippen LogP contribution < -0.4 is 10.6 Å². The summed E-state index contributed by atoms with van der Waals surface area (Å²) in [6.07, 6.45) is 3.67. The number of hydroxylamine groups is 2. The molecule has 15 heteroatoms. The van der Waals surface area contributed by atoms with Crippen LogP contribution >= 0.6 is 0 Å². The average molecular weight is 838 g/mol. The van der Waals surface area contributed by atoms with Crippen LogP contribution in [0.5, 0.6) is 0 Å². The Morgan fingerprint density at radius 3 is 2.47 bits per heavy atom. The molecule has 330 valence electrons. The molecule has 4 aliphatic heterocycles. The van der Waals surface area contributed by atoms with Crippen LogP contribution in [0.25, 0.3) is 6.08 Å². The van der Waals surface area contributed by atoms with Crippen molar-refractivity contribution in [3.05, 3.63) is 41.0 Å². The number of epoxide rings is 1. The molecule has 15 nitrogen and oxygen atoms in total. The number of amides is 2. The van der Waals surface area contributed by atoms with Crippen molar-refractivity contribution in [1.82, 2.24) is 15.7 Å². The van der Waals surface area contributed by atoms with Gasteiger partial charge in [0.15, 0.2) is 6.04 Å². The number of nitrogens with one attached hydrogen (secondary N) is 2. The Bertz CT molecular complexity index is 1860. The maximum Gasteiger partial charge on any atom is 0.327 e. The molecule has 4 saturated heterocycles. The fourth-order valence-corrected chi connectivity index (χ4v) is 11.0. The molecule has 0 spiro atoms. The van der Waals surface area contributed by atoms with Gasteiger partial charge in [-0.1, -0.05) is 49.8 Å². The number of aliphatic hydroxyl groups is 2. The number of hydrogen-bond acceptors (Lipinski definition) is 13. The highest BCUT2D eigenvalue weighted by molar-refractivity contribution is 5.96. The van der Waals surface area contributed by atoms with E-state index < -0.39 is 90.0 Å². The first kappa shape index (κ1) is 43.2. The molecule has 0 aromatic heterocycles. The molecule has 3 aliphatic carbocycles. The van der Waals surface area contributed by atoms with Gasteiger partial charge in [0.2, 0.25) is 11.8 Å². The predicted molar refractivity (Wildman–Crippen MR) is 215 cm³/mol. The van der Waals surface area contributed by atoms with Crippen LogP contribution in [0.2, 0.25) is 0 Å². The number of nitrogens with zero attached hydrogens (tertiary/aromatic N) is 1. The molecule has 7 aliphatic rings. The van der Waals surface area contributed by atoms with Gasteiger partial charge in [-0.15, -0.1) is 0 Å². The first-order valence-corrected chi connectivity index (χ1v) is 21.8. The SMILES string of the molecule is C[C@H](O)[C@@H](NC(=O)[C@@]12C[C@H]3OC(=O)[C@@H]1N(Cc1ccc(C=C4CCC5O[C@]5(C)CC[C@@H]5[C@@H]4CC5(C)C)cc1)O[C@@H]2[C@H]1OCO[C@H]13)C(=O)N[C@H](CO)CCC(=O)OC(C)(C)C. The summed E-state index contributed by atoms with van der Waals surface area (Å²) >= 11 is 0. The van der Waals surface area contributed by atoms with E-state index in [1.165, 1.54) is 30.4 Å². The lowest BCUT2D eigenvalue weighted by atomic mass is 9.52. The van der Waals surface area contributed by atoms with Gasteiger partial charge >= 0.3 is 11.9 Å². The first-order valence-electron chi connectivity index (χ1n) is 21.8. The molecule has 13 atom stereocenters. The molecule has 0 radical (unpaired) electrons. The zero-order valence-corrected chi connectivity index (χ0v) is 35.9. The average Bonchev–Trinajstić information content (AvgIpc) is 3.45. The van der Waals surface area contributed by atoms with Gasteiger partial charge in [-0.3, -0.25) is 24.0 Å². The largest absolute Gasteiger partial charge is 0.460 e. The zero-order chi connectivity index (χ0) is 42.9. The fraction of sp³-hybridized carbons (Fsp3) is 0.733. The lowest BCUT2D eigenvalue weighted by Gasteiger charge is -2.53. The maximum absolute atomic E-state index is 14.7. The molecule has 1 unspecified atom stereocenters. The number of carbonyl (C=O) groups is 4. The Hall–Kier alpha value is -3.44. The molecule has 4 heterocycles. The van der Waals surface area contributed by atoms with Crippen LogP contribution in [-0.2, 0) is 54.2 Å². The summed E-state index contributed by atoms with van der Waals surface area (Å²) < 4.78 is 29.2. The minimum atomic E-state index is -1.56. The number of rotatable bonds is 12. The Morgan fingerprint density at radius 1 is 1.05 bits per heavy atom. The van der Waals surface area contributed by atoms with Gasteiger partial charge in [0, 0.05) is 12.8 Å². The van der Waals surface area contributed by atoms with Crippen LogP contribution in [0.1, 0.15) is 111 Å². The lowest BCUT2D eigenvalue weighted by Crippen LogP contribution is -2.71. The van der Waals surface area contributed by atoms with E-state index in [1.807, 2.05) is 12.1 Å². The fourth-order valence-electron chi connectivity index (χ4n) is 11.0. The third-order valence-corrected chi connectivity index (χ3v) is 14.3. The van der Waals surface area contributed by atoms with E-state index >= 15 is 0 Å². The maximum atomic E-state index is 14.7. The number of hydrogen-bond donors (Lipinski definition) is 4. The Labute approximate surface area is 352 Å². The highest BCUT2D eigenvalue weighted by Gasteiger charge is 2.75. The number of allylic oxidation sites excluding steroid dienone is 1. The van der Waals surface area contributed by atoms with Crippen molar-refractivity contribution < 1.29 is 57.9 Å². The van der Waals surface area contributed by atoms with Gasteiger partial charge in [0.25, 0.3) is 0 Å². The zero-order valence-electron chi connectivity index (χ0n) is 35.9. The third kappa shape index (κ3) is 8.15. The minimum absolute atomic E-state index is 0.0221. The highest BCUT2D eigenvalue weighted by atomic mass is 16.8. The summed E-state index contributed by atoms with van der Waals surface area (Å²) in [5.41, 5.74) is 1.50. The molecular weight excluding hydrogens is 775 g/mol. The van der Waals surface area contributed by atoms with Crippen LogP contribution in [0.15, 0.2) is 29.8 Å². The summed E-state index contributed by atoms with van der Waals surface area (Å²) in [4.78, 5) is 61.3. The number of carbonyl (C=O) groups excluding carboxylic acids is 4. The molecule has 2 amide bonds. The predicted octanol–water partition coefficient (Wildman–Crippen LogP) is 3.47. The van der Waals surface area contributed by atoms with Crippen LogP contribution in [0.3, 0.4) is 0 Å². The van der Waals surface area contributed by atoms with E-state index in [4.69, 9.17) is 28.5 Å². The Kier molecular flexibility index (Phi) is 11.5. The molecule has 4 N–H and O–H groups in total. The summed E-state index contributed by atoms with van der Waals surface area (Å²) in [5.74, 6) is -1.41. The second-order valence-corrected chi connectivity index (χ2v) is 20.2. The molecule has 60 heavy (non-hydrogen) atoms. The van der Waals surface area contributed by atoms with Gasteiger partial charge in [-0.05, 0) is 102 Å². The topological polar surface area (TPSA) is 195 Å². The van der Waals surface area contributed by atoms with Crippen molar-refractivity contribution in [3.8, 4) is 0 Å². The van der Waals surface area contributed by atoms with Gasteiger partial charge < -0.3 is 44.5 Å². The standard InChI is InChI=1S/C45H63N3O12/c1-24(50)34(39(52)46-28(22-49)13-15-33(51)59-42(2,3)4)47-41(54)45-20-31-35-36(56-23-55-35)38(45)60-48(37(45)40(53)57-31)21-26-10-8-25(9-11-26)18-27-12-14-32-44(7,58-32)17-16-30-29(27)19-43(30,5)6/h8-11,18,24,28-32,34-38,49-50H,12-17,19-23H2,1-7H3,(H,46,52)(H,47,54)/t24-,28-,29+,30+,31+,32?,34+,35-,36-,37-,38+,44+,45-/m0/s1. The van der Waals surface area contributed by atoms with Crippen molar-refractivity contribution in [2.75, 3.05) is 13.4 Å². The number of benzene rings is 1. The number of fused-ring (bicyclic) bond motifs is 6. The summed E-state index contributed by atoms with van der Waals surface area (Å²) in [6.45, 7) is 13.2. The lowest BCUT2D eigenvalue weighted by molar-refractivity contribution is -0.201. The van der Waals surface area contributed by atoms with Crippen molar-refractivity contribution in [2.24, 2.45) is 22.7 Å². The Balaban J connectivity index is 0.992. The first-order chi connectivity index (χ1) is 28.3. The van der Waals surface area contributed by atoms with Gasteiger partial charge in [-0.25, -0.2) is 0 Å². The smallest absolute Gasteiger partial charge is 0.327 e. The number of esters is 2. The van der Waals surface area contributed by atoms with E-state index in [-0.39, 0.29) is 38.2 Å². The van der Waals surface area contributed by atoms with Crippen LogP contribution in [-0.4, -0.2) is 118 Å². The quantitative estimate of drug-likeness (QED) is 0.177. The highest BCUT2D eigenvalue weighted by Crippen LogP contribution is 2.60. The van der Waals surface area contributed by atoms with Gasteiger partial charge in [0.1, 0.15) is 48.3 Å². The molecule has 3 saturated carbocycles. The monoisotopic (exact) mass is 837 g/mol. The number of ether oxygens (including phenoxy) is 5. The molecular formula is C45H63N3O12. The van der Waals surface area contributed by atoms with Gasteiger partial charge in [-0.2, -0.15) is 5.06 Å². The van der Waals surface area contributed by atoms with Crippen molar-refractivity contribution in [1.29, 1.82) is 0 Å². The second kappa shape index (κ2) is 16.0. The van der Waals surface area contributed by atoms with E-state index in [2.05, 4.69) is 49.6 Å². The number of aliphatic hydroxyl groups excluding tert-OH is 2. The van der Waals surface area contributed by atoms with Crippen LogP contribution in [0, 0.1) is 22.7 Å². The minimum Gasteiger partial charge on any atom is -0.460 e. The summed E-state index contributed by atoms with van der Waals surface area (Å²) in [5, 5.41) is 27.7. The van der Waals surface area contributed by atoms with E-state index in [1.54, 1.807) is 20.8 Å². The second-order valence-electron chi connectivity index (χ2n) is 20.2. The summed E-state index contributed by atoms with van der Waals surface area (Å²) in [6, 6.07) is 4.63. The Morgan fingerprint density at radius 2 is 1.78 bits per heavy atom. The molecule has 7 fully saturated rings. The van der Waals surface area contributed by atoms with Crippen molar-refractivity contribution in [3.63, 3.8) is 0 Å². The van der Waals surface area contributed by atoms with Gasteiger partial charge in [0.05, 0.1) is 37.0 Å². The molecule has 1 aromatic rings. The van der Waals surface area contributed by atoms with E-state index in [9.17, 15) is 29.4 Å². The molecule has 8 rings (SSSR count). The molecule has 1 aromatic carbocycles. The normalized spacial score (nSPS) is 37.4.